The van der Waals surface area contributed by atoms with E-state index in [4.69, 9.17) is 9.73 Å². The topological polar surface area (TPSA) is 45.7 Å². The Morgan fingerprint density at radius 3 is 2.42 bits per heavy atom. The summed E-state index contributed by atoms with van der Waals surface area (Å²) in [6.07, 6.45) is 5.22. The predicted octanol–water partition coefficient (Wildman–Crippen LogP) is 3.89. The molecule has 26 heavy (non-hydrogen) atoms. The van der Waals surface area contributed by atoms with E-state index in [9.17, 15) is 8.78 Å². The number of aliphatic imine (C=N–C) groups is 1. The van der Waals surface area contributed by atoms with E-state index >= 15 is 0 Å². The Morgan fingerprint density at radius 1 is 1.19 bits per heavy atom. The number of benzene rings is 1. The Hall–Kier alpha value is -0.960. The average Bonchev–Trinajstić information content (AvgIpc) is 2.52. The Bertz CT molecular complexity index is 560. The summed E-state index contributed by atoms with van der Waals surface area (Å²) in [5.41, 5.74) is 0.903. The van der Waals surface area contributed by atoms with Crippen LogP contribution in [0.5, 0.6) is 0 Å². The van der Waals surface area contributed by atoms with Crippen LogP contribution in [0.1, 0.15) is 38.2 Å². The number of methoxy groups -OCH3 is 1. The molecule has 4 nitrogen and oxygen atoms in total. The molecule has 0 radical (unpaired) electrons. The summed E-state index contributed by atoms with van der Waals surface area (Å²) < 4.78 is 31.7. The van der Waals surface area contributed by atoms with Gasteiger partial charge in [-0.2, -0.15) is 0 Å². The largest absolute Gasteiger partial charge is 0.385 e. The van der Waals surface area contributed by atoms with Gasteiger partial charge in [0.05, 0.1) is 0 Å². The first kappa shape index (κ1) is 23.1. The first-order chi connectivity index (χ1) is 12.1. The van der Waals surface area contributed by atoms with Gasteiger partial charge < -0.3 is 15.4 Å². The third-order valence-electron chi connectivity index (χ3n) is 4.80. The molecule has 7 heteroatoms. The third-order valence-corrected chi connectivity index (χ3v) is 4.80. The second kappa shape index (κ2) is 11.7. The molecule has 0 heterocycles. The highest BCUT2D eigenvalue weighted by Gasteiger charge is 2.36. The molecule has 2 N–H and O–H groups in total. The molecule has 0 amide bonds. The third kappa shape index (κ3) is 7.34. The Balaban J connectivity index is 0.00000338. The van der Waals surface area contributed by atoms with Crippen molar-refractivity contribution in [3.8, 4) is 0 Å². The Morgan fingerprint density at radius 2 is 1.88 bits per heavy atom. The van der Waals surface area contributed by atoms with Crippen LogP contribution in [0.3, 0.4) is 0 Å². The lowest BCUT2D eigenvalue weighted by Crippen LogP contribution is -2.41. The standard InChI is InChI=1S/C19H29F2N3O.HI/c1-3-22-18(24-14-19(6-4-7-19)8-10-25-2)23-9-5-15-11-16(20)13-17(21)12-15;/h11-13H,3-10,14H2,1-2H3,(H2,22,23,24);1H. The van der Waals surface area contributed by atoms with Gasteiger partial charge in [0.25, 0.3) is 0 Å². The highest BCUT2D eigenvalue weighted by Crippen LogP contribution is 2.44. The minimum absolute atomic E-state index is 0. The zero-order chi connectivity index (χ0) is 18.1. The summed E-state index contributed by atoms with van der Waals surface area (Å²) in [5.74, 6) is -0.329. The fraction of sp³-hybridized carbons (Fsp3) is 0.632. The fourth-order valence-corrected chi connectivity index (χ4v) is 3.15. The first-order valence-corrected chi connectivity index (χ1v) is 9.03. The van der Waals surface area contributed by atoms with Crippen LogP contribution in [0.15, 0.2) is 23.2 Å². The van der Waals surface area contributed by atoms with Gasteiger partial charge in [-0.05, 0) is 55.7 Å². The maximum atomic E-state index is 13.2. The molecule has 1 saturated carbocycles. The SMILES string of the molecule is CCNC(=NCC1(CCOC)CCC1)NCCc1cc(F)cc(F)c1.I. The lowest BCUT2D eigenvalue weighted by Gasteiger charge is -2.40. The number of rotatable bonds is 9. The van der Waals surface area contributed by atoms with E-state index in [0.717, 1.165) is 38.1 Å². The number of halogens is 3. The molecule has 0 spiro atoms. The van der Waals surface area contributed by atoms with Gasteiger partial charge in [-0.15, -0.1) is 24.0 Å². The first-order valence-electron chi connectivity index (χ1n) is 9.03. The highest BCUT2D eigenvalue weighted by molar-refractivity contribution is 14.0. The lowest BCUT2D eigenvalue weighted by molar-refractivity contribution is 0.0778. The van der Waals surface area contributed by atoms with Crippen molar-refractivity contribution >= 4 is 29.9 Å². The van der Waals surface area contributed by atoms with Crippen molar-refractivity contribution in [1.29, 1.82) is 0 Å². The van der Waals surface area contributed by atoms with Gasteiger partial charge in [0.15, 0.2) is 5.96 Å². The van der Waals surface area contributed by atoms with E-state index < -0.39 is 11.6 Å². The molecule has 0 aliphatic heterocycles. The van der Waals surface area contributed by atoms with Crippen LogP contribution in [0.2, 0.25) is 0 Å². The maximum absolute atomic E-state index is 13.2. The van der Waals surface area contributed by atoms with Crippen LogP contribution in [0.25, 0.3) is 0 Å². The molecule has 0 atom stereocenters. The van der Waals surface area contributed by atoms with Crippen molar-refractivity contribution in [3.63, 3.8) is 0 Å². The van der Waals surface area contributed by atoms with E-state index in [-0.39, 0.29) is 29.4 Å². The normalized spacial score (nSPS) is 15.8. The minimum atomic E-state index is -0.541. The fourth-order valence-electron chi connectivity index (χ4n) is 3.15. The van der Waals surface area contributed by atoms with Crippen LogP contribution in [0, 0.1) is 17.0 Å². The molecule has 148 valence electrons. The molecule has 1 aliphatic rings. The molecule has 1 fully saturated rings. The summed E-state index contributed by atoms with van der Waals surface area (Å²) in [5, 5.41) is 6.48. The number of guanidine groups is 1. The number of hydrogen-bond donors (Lipinski definition) is 2. The van der Waals surface area contributed by atoms with Gasteiger partial charge >= 0.3 is 0 Å². The van der Waals surface area contributed by atoms with Crippen molar-refractivity contribution in [1.82, 2.24) is 10.6 Å². The van der Waals surface area contributed by atoms with Crippen LogP contribution in [0.4, 0.5) is 8.78 Å². The Kier molecular flexibility index (Phi) is 10.4. The molecule has 2 rings (SSSR count). The van der Waals surface area contributed by atoms with Gasteiger partial charge in [-0.1, -0.05) is 6.42 Å². The number of nitrogens with zero attached hydrogens (tertiary/aromatic N) is 1. The zero-order valence-corrected chi connectivity index (χ0v) is 17.9. The summed E-state index contributed by atoms with van der Waals surface area (Å²) in [7, 11) is 1.73. The van der Waals surface area contributed by atoms with Crippen LogP contribution in [-0.2, 0) is 11.2 Å². The van der Waals surface area contributed by atoms with Crippen LogP contribution in [-0.4, -0.2) is 39.3 Å². The van der Waals surface area contributed by atoms with Crippen molar-refractivity contribution in [2.24, 2.45) is 10.4 Å². The lowest BCUT2D eigenvalue weighted by atomic mass is 9.67. The Labute approximate surface area is 172 Å². The van der Waals surface area contributed by atoms with Gasteiger partial charge in [0.2, 0.25) is 0 Å². The predicted molar refractivity (Wildman–Crippen MR) is 112 cm³/mol. The molecule has 0 aromatic heterocycles. The van der Waals surface area contributed by atoms with E-state index in [0.29, 0.717) is 18.5 Å². The maximum Gasteiger partial charge on any atom is 0.191 e. The van der Waals surface area contributed by atoms with Crippen molar-refractivity contribution < 1.29 is 13.5 Å². The van der Waals surface area contributed by atoms with E-state index in [1.807, 2.05) is 6.92 Å². The quantitative estimate of drug-likeness (QED) is 0.320. The summed E-state index contributed by atoms with van der Waals surface area (Å²) in [4.78, 5) is 4.72. The van der Waals surface area contributed by atoms with Crippen molar-refractivity contribution in [2.45, 2.75) is 39.0 Å². The van der Waals surface area contributed by atoms with Gasteiger partial charge in [-0.3, -0.25) is 4.99 Å². The second-order valence-corrected chi connectivity index (χ2v) is 6.75. The van der Waals surface area contributed by atoms with E-state index in [1.54, 1.807) is 7.11 Å². The number of hydrogen-bond acceptors (Lipinski definition) is 2. The number of nitrogens with one attached hydrogen (secondary N) is 2. The van der Waals surface area contributed by atoms with E-state index in [2.05, 4.69) is 10.6 Å². The van der Waals surface area contributed by atoms with Crippen molar-refractivity contribution in [3.05, 3.63) is 35.4 Å². The highest BCUT2D eigenvalue weighted by atomic mass is 127. The monoisotopic (exact) mass is 481 g/mol. The minimum Gasteiger partial charge on any atom is -0.385 e. The van der Waals surface area contributed by atoms with Crippen LogP contribution >= 0.6 is 24.0 Å². The van der Waals surface area contributed by atoms with Crippen LogP contribution < -0.4 is 10.6 Å². The molecule has 1 aliphatic carbocycles. The summed E-state index contributed by atoms with van der Waals surface area (Å²) >= 11 is 0. The molecule has 0 unspecified atom stereocenters. The molecule has 1 aromatic carbocycles. The zero-order valence-electron chi connectivity index (χ0n) is 15.6. The molecule has 0 bridgehead atoms. The number of ether oxygens (including phenoxy) is 1. The summed E-state index contributed by atoms with van der Waals surface area (Å²) in [6.45, 7) is 4.90. The van der Waals surface area contributed by atoms with Crippen molar-refractivity contribution in [2.75, 3.05) is 33.4 Å². The van der Waals surface area contributed by atoms with E-state index in [1.165, 1.54) is 31.4 Å². The van der Waals surface area contributed by atoms with Gasteiger partial charge in [0, 0.05) is 39.4 Å². The molecular weight excluding hydrogens is 451 g/mol. The average molecular weight is 481 g/mol. The second-order valence-electron chi connectivity index (χ2n) is 6.75. The van der Waals surface area contributed by atoms with Gasteiger partial charge in [-0.25, -0.2) is 8.78 Å². The smallest absolute Gasteiger partial charge is 0.191 e. The molecular formula is C19H30F2IN3O. The molecule has 1 aromatic rings. The summed E-state index contributed by atoms with van der Waals surface area (Å²) in [6, 6.07) is 3.62. The molecule has 0 saturated heterocycles. The van der Waals surface area contributed by atoms with Gasteiger partial charge in [0.1, 0.15) is 11.6 Å².